The van der Waals surface area contributed by atoms with Crippen molar-refractivity contribution in [2.24, 2.45) is 7.05 Å². The molecule has 1 atom stereocenters. The predicted molar refractivity (Wildman–Crippen MR) is 94.5 cm³/mol. The molecule has 0 saturated heterocycles. The van der Waals surface area contributed by atoms with Crippen LogP contribution in [0.25, 0.3) is 0 Å². The highest BCUT2D eigenvalue weighted by atomic mass is 32.2. The van der Waals surface area contributed by atoms with Crippen molar-refractivity contribution in [3.8, 4) is 0 Å². The van der Waals surface area contributed by atoms with Gasteiger partial charge in [-0.3, -0.25) is 4.68 Å². The smallest absolute Gasteiger partial charge is 0.317 e. The van der Waals surface area contributed by atoms with Crippen molar-refractivity contribution in [2.75, 3.05) is 12.8 Å². The van der Waals surface area contributed by atoms with Crippen molar-refractivity contribution in [3.05, 3.63) is 47.8 Å². The van der Waals surface area contributed by atoms with Crippen molar-refractivity contribution in [2.45, 2.75) is 31.3 Å². The number of hydrogen-bond donors (Lipinski definition) is 1. The first-order chi connectivity index (χ1) is 11.0. The van der Waals surface area contributed by atoms with Crippen LogP contribution in [-0.2, 0) is 13.6 Å². The topological polar surface area (TPSA) is 50.2 Å². The van der Waals surface area contributed by atoms with Gasteiger partial charge in [-0.15, -0.1) is 11.8 Å². The number of hydrogen-bond acceptors (Lipinski definition) is 3. The summed E-state index contributed by atoms with van der Waals surface area (Å²) in [6, 6.07) is 8.23. The summed E-state index contributed by atoms with van der Waals surface area (Å²) in [6.45, 7) is 4.68. The third-order valence-corrected chi connectivity index (χ3v) is 4.45. The van der Waals surface area contributed by atoms with Gasteiger partial charge >= 0.3 is 6.03 Å². The molecule has 5 nitrogen and oxygen atoms in total. The number of aryl methyl sites for hydroxylation is 1. The molecule has 23 heavy (non-hydrogen) atoms. The van der Waals surface area contributed by atoms with Gasteiger partial charge in [0.2, 0.25) is 0 Å². The van der Waals surface area contributed by atoms with Gasteiger partial charge in [0.05, 0.1) is 18.8 Å². The number of carbonyl (C=O) groups is 1. The zero-order chi connectivity index (χ0) is 16.8. The van der Waals surface area contributed by atoms with Crippen molar-refractivity contribution < 1.29 is 4.79 Å². The molecule has 0 aliphatic rings. The fourth-order valence-corrected chi connectivity index (χ4v) is 2.96. The zero-order valence-corrected chi connectivity index (χ0v) is 14.9. The molecule has 2 aromatic rings. The summed E-state index contributed by atoms with van der Waals surface area (Å²) < 4.78 is 1.74. The highest BCUT2D eigenvalue weighted by Crippen LogP contribution is 2.20. The van der Waals surface area contributed by atoms with Crippen LogP contribution in [0.4, 0.5) is 4.79 Å². The second-order valence-corrected chi connectivity index (χ2v) is 6.89. The van der Waals surface area contributed by atoms with Crippen LogP contribution in [0.5, 0.6) is 0 Å². The van der Waals surface area contributed by atoms with E-state index in [-0.39, 0.29) is 12.1 Å². The van der Waals surface area contributed by atoms with E-state index in [1.165, 1.54) is 4.90 Å². The molecule has 0 fully saturated rings. The van der Waals surface area contributed by atoms with Crippen LogP contribution in [0.1, 0.15) is 31.0 Å². The third-order valence-electron chi connectivity index (χ3n) is 3.56. The molecule has 1 heterocycles. The van der Waals surface area contributed by atoms with Gasteiger partial charge in [0.15, 0.2) is 0 Å². The van der Waals surface area contributed by atoms with Gasteiger partial charge in [0.1, 0.15) is 0 Å². The van der Waals surface area contributed by atoms with Gasteiger partial charge in [-0.05, 0) is 30.4 Å². The molecule has 0 aliphatic carbocycles. The van der Waals surface area contributed by atoms with Gasteiger partial charge in [-0.25, -0.2) is 4.79 Å². The molecule has 0 radical (unpaired) electrons. The van der Waals surface area contributed by atoms with E-state index < -0.39 is 0 Å². The minimum atomic E-state index is -0.0895. The van der Waals surface area contributed by atoms with Crippen LogP contribution < -0.4 is 5.32 Å². The Kier molecular flexibility index (Phi) is 6.10. The van der Waals surface area contributed by atoms with Crippen molar-refractivity contribution >= 4 is 17.8 Å². The third kappa shape index (κ3) is 5.03. The van der Waals surface area contributed by atoms with Crippen molar-refractivity contribution in [1.29, 1.82) is 0 Å². The maximum atomic E-state index is 12.3. The molecule has 0 unspecified atom stereocenters. The number of nitrogens with one attached hydrogen (secondary N) is 1. The van der Waals surface area contributed by atoms with Gasteiger partial charge < -0.3 is 10.2 Å². The molecule has 1 aromatic carbocycles. The number of thioether (sulfide) groups is 1. The first-order valence-electron chi connectivity index (χ1n) is 7.71. The molecule has 2 amide bonds. The lowest BCUT2D eigenvalue weighted by atomic mass is 10.1. The fraction of sp³-hybridized carbons (Fsp3) is 0.412. The number of urea groups is 1. The summed E-state index contributed by atoms with van der Waals surface area (Å²) in [4.78, 5) is 15.2. The van der Waals surface area contributed by atoms with Crippen molar-refractivity contribution in [1.82, 2.24) is 20.0 Å². The van der Waals surface area contributed by atoms with E-state index in [4.69, 9.17) is 0 Å². The van der Waals surface area contributed by atoms with Crippen LogP contribution in [0.3, 0.4) is 0 Å². The SMILES string of the molecule is CCSc1ccc([C@@H](C)NC(=O)N(C)Cc2cnn(C)c2)cc1. The number of carbonyl (C=O) groups excluding carboxylic acids is 1. The maximum Gasteiger partial charge on any atom is 0.317 e. The number of aromatic nitrogens is 2. The Morgan fingerprint density at radius 2 is 2.09 bits per heavy atom. The Labute approximate surface area is 142 Å². The Hall–Kier alpha value is -1.95. The summed E-state index contributed by atoms with van der Waals surface area (Å²) >= 11 is 1.81. The van der Waals surface area contributed by atoms with E-state index in [2.05, 4.69) is 41.6 Å². The van der Waals surface area contributed by atoms with Crippen LogP contribution in [0.15, 0.2) is 41.6 Å². The molecule has 6 heteroatoms. The minimum absolute atomic E-state index is 0.0282. The number of nitrogens with zero attached hydrogens (tertiary/aromatic N) is 3. The zero-order valence-electron chi connectivity index (χ0n) is 14.1. The number of benzene rings is 1. The summed E-state index contributed by atoms with van der Waals surface area (Å²) in [5, 5.41) is 7.14. The fourth-order valence-electron chi connectivity index (χ4n) is 2.30. The first-order valence-corrected chi connectivity index (χ1v) is 8.70. The van der Waals surface area contributed by atoms with Crippen LogP contribution in [-0.4, -0.2) is 33.5 Å². The molecule has 0 aliphatic heterocycles. The van der Waals surface area contributed by atoms with Crippen molar-refractivity contribution in [3.63, 3.8) is 0 Å². The molecular formula is C17H24N4OS. The van der Waals surface area contributed by atoms with Gasteiger partial charge in [0.25, 0.3) is 0 Å². The van der Waals surface area contributed by atoms with Crippen LogP contribution >= 0.6 is 11.8 Å². The molecule has 1 N–H and O–H groups in total. The maximum absolute atomic E-state index is 12.3. The standard InChI is InChI=1S/C17H24N4OS/c1-5-23-16-8-6-15(7-9-16)13(2)19-17(22)20(3)11-14-10-18-21(4)12-14/h6-10,12-13H,5,11H2,1-4H3,(H,19,22)/t13-/m1/s1. The summed E-state index contributed by atoms with van der Waals surface area (Å²) in [6.07, 6.45) is 3.69. The highest BCUT2D eigenvalue weighted by Gasteiger charge is 2.14. The number of amides is 2. The Morgan fingerprint density at radius 1 is 1.39 bits per heavy atom. The minimum Gasteiger partial charge on any atom is -0.331 e. The molecular weight excluding hydrogens is 308 g/mol. The van der Waals surface area contributed by atoms with Gasteiger partial charge in [-0.2, -0.15) is 5.10 Å². The molecule has 1 aromatic heterocycles. The number of rotatable bonds is 6. The monoisotopic (exact) mass is 332 g/mol. The Bertz CT molecular complexity index is 638. The summed E-state index contributed by atoms with van der Waals surface area (Å²) in [5.74, 6) is 1.06. The van der Waals surface area contributed by atoms with Crippen LogP contribution in [0.2, 0.25) is 0 Å². The van der Waals surface area contributed by atoms with E-state index in [9.17, 15) is 4.79 Å². The van der Waals surface area contributed by atoms with E-state index in [0.717, 1.165) is 16.9 Å². The normalized spacial score (nSPS) is 12.0. The van der Waals surface area contributed by atoms with Gasteiger partial charge in [0, 0.05) is 30.8 Å². The van der Waals surface area contributed by atoms with Gasteiger partial charge in [-0.1, -0.05) is 19.1 Å². The first kappa shape index (κ1) is 17.4. The quantitative estimate of drug-likeness (QED) is 0.825. The molecule has 0 bridgehead atoms. The second kappa shape index (κ2) is 8.06. The summed E-state index contributed by atoms with van der Waals surface area (Å²) in [7, 11) is 3.65. The molecule has 124 valence electrons. The molecule has 2 rings (SSSR count). The van der Waals surface area contributed by atoms with E-state index in [1.807, 2.05) is 31.9 Å². The lowest BCUT2D eigenvalue weighted by Crippen LogP contribution is -2.38. The molecule has 0 spiro atoms. The summed E-state index contributed by atoms with van der Waals surface area (Å²) in [5.41, 5.74) is 2.12. The highest BCUT2D eigenvalue weighted by molar-refractivity contribution is 7.99. The van der Waals surface area contributed by atoms with E-state index >= 15 is 0 Å². The largest absolute Gasteiger partial charge is 0.331 e. The Morgan fingerprint density at radius 3 is 2.65 bits per heavy atom. The van der Waals surface area contributed by atoms with Crippen LogP contribution in [0, 0.1) is 0 Å². The average Bonchev–Trinajstić information content (AvgIpc) is 2.93. The Balaban J connectivity index is 1.90. The average molecular weight is 332 g/mol. The molecule has 0 saturated carbocycles. The second-order valence-electron chi connectivity index (χ2n) is 5.55. The predicted octanol–water partition coefficient (Wildman–Crippen LogP) is 3.43. The lowest BCUT2D eigenvalue weighted by Gasteiger charge is -2.21. The lowest BCUT2D eigenvalue weighted by molar-refractivity contribution is 0.203. The van der Waals surface area contributed by atoms with E-state index in [0.29, 0.717) is 6.54 Å². The van der Waals surface area contributed by atoms with E-state index in [1.54, 1.807) is 22.8 Å².